The molecule has 115 heavy (non-hydrogen) atoms. The summed E-state index contributed by atoms with van der Waals surface area (Å²) < 4.78 is 15.4. The Hall–Kier alpha value is -15.4. The molecule has 2 unspecified atom stereocenters. The highest BCUT2D eigenvalue weighted by molar-refractivity contribution is 6.10. The molecular formula is C96H83N9O10. The van der Waals surface area contributed by atoms with E-state index in [9.17, 15) is 28.8 Å². The van der Waals surface area contributed by atoms with Crippen LogP contribution in [-0.4, -0.2) is 55.9 Å². The van der Waals surface area contributed by atoms with Crippen molar-refractivity contribution < 1.29 is 47.1 Å². The Labute approximate surface area is 667 Å². The van der Waals surface area contributed by atoms with E-state index in [1.165, 1.54) is 58.0 Å². The van der Waals surface area contributed by atoms with E-state index in [4.69, 9.17) is 26.2 Å². The summed E-state index contributed by atoms with van der Waals surface area (Å²) in [5.74, 6) is -2.31. The third-order valence-electron chi connectivity index (χ3n) is 17.8. The molecule has 0 saturated heterocycles. The minimum Gasteiger partial charge on any atom is -0.475 e. The van der Waals surface area contributed by atoms with Crippen molar-refractivity contribution in [1.29, 1.82) is 0 Å². The fraction of sp³-hybridized carbons (Fsp3) is 0.0833. The van der Waals surface area contributed by atoms with Crippen LogP contribution in [0.5, 0.6) is 0 Å². The lowest BCUT2D eigenvalue weighted by Crippen LogP contribution is -2.44. The molecule has 15 rings (SSSR count). The average Bonchev–Trinajstić information content (AvgIpc) is 1.79. The van der Waals surface area contributed by atoms with Gasteiger partial charge in [0, 0.05) is 83.4 Å². The normalized spacial score (nSPS) is 11.5. The maximum atomic E-state index is 13.9. The number of nitrogens with two attached hydrogens (primary N) is 1. The van der Waals surface area contributed by atoms with Gasteiger partial charge in [-0.15, -0.1) is 0 Å². The Balaban J connectivity index is 0.000000166. The number of aromatic nitrogens is 3. The van der Waals surface area contributed by atoms with E-state index < -0.39 is 29.9 Å². The summed E-state index contributed by atoms with van der Waals surface area (Å²) >= 11 is 0. The van der Waals surface area contributed by atoms with Crippen LogP contribution in [0.25, 0.3) is 38.2 Å². The predicted octanol–water partition coefficient (Wildman–Crippen LogP) is 20.7. The molecule has 0 saturated carbocycles. The summed E-state index contributed by atoms with van der Waals surface area (Å²) in [5.41, 5.74) is 18.9. The van der Waals surface area contributed by atoms with E-state index in [1.54, 1.807) is 91.6 Å². The number of nitrogens with one attached hydrogen (secondary N) is 2. The van der Waals surface area contributed by atoms with Crippen LogP contribution in [0.1, 0.15) is 121 Å². The summed E-state index contributed by atoms with van der Waals surface area (Å²) in [4.78, 5) is 94.1. The number of amides is 4. The quantitative estimate of drug-likeness (QED) is 0.0314. The molecule has 0 spiro atoms. The van der Waals surface area contributed by atoms with Gasteiger partial charge in [0.05, 0.1) is 30.9 Å². The third kappa shape index (κ3) is 24.0. The van der Waals surface area contributed by atoms with Crippen molar-refractivity contribution in [3.8, 4) is 33.4 Å². The van der Waals surface area contributed by atoms with E-state index >= 15 is 0 Å². The summed E-state index contributed by atoms with van der Waals surface area (Å²) in [6.45, 7) is 12.5. The van der Waals surface area contributed by atoms with Gasteiger partial charge in [-0.05, 0) is 155 Å². The maximum Gasteiger partial charge on any atom is 0.371 e. The molecule has 19 heteroatoms. The number of carboxylic acid groups (broad SMARTS) is 1. The first-order valence-electron chi connectivity index (χ1n) is 36.7. The minimum atomic E-state index is -1.03. The Morgan fingerprint density at radius 3 is 0.983 bits per heavy atom. The molecule has 6 heterocycles. The molecule has 9 aromatic carbocycles. The maximum absolute atomic E-state index is 13.9. The fourth-order valence-corrected chi connectivity index (χ4v) is 11.8. The van der Waals surface area contributed by atoms with Gasteiger partial charge in [-0.1, -0.05) is 231 Å². The predicted molar refractivity (Wildman–Crippen MR) is 448 cm³/mol. The highest BCUT2D eigenvalue weighted by atomic mass is 16.4. The van der Waals surface area contributed by atoms with Crippen LogP contribution in [0, 0.1) is 6.57 Å². The van der Waals surface area contributed by atoms with E-state index in [-0.39, 0.29) is 47.2 Å². The molecule has 19 nitrogen and oxygen atoms in total. The summed E-state index contributed by atoms with van der Waals surface area (Å²) in [6, 6.07) is 99.9. The highest BCUT2D eigenvalue weighted by Gasteiger charge is 2.37. The van der Waals surface area contributed by atoms with Gasteiger partial charge in [-0.2, -0.15) is 0 Å². The molecular weight excluding hydrogens is 1440 g/mol. The standard InChI is InChI=1S/2C32H27N3O3.C12H11N.C9H9N.C6H5NO.C5H4O3/c2*1-23(24-10-4-2-5-11-24)34-31(36)30(27-14-8-20-33-22-27)35(32(37)29-15-9-21-38-29)28-18-16-26(17-19-28)25-12-6-3-7-13-25;13-12-8-6-11(7-9-12)10-4-2-1-3-5-10;1-8(10-2)9-6-4-3-5-7-9;8-5-6-2-1-3-7-4-6;6-5(7)4-2-1-3-8-4/h2*2-23,30H,1H3,(H,34,36);1-9H,13H2;3-8H,1H3;1-5H;1-3H,(H,6,7)/t2*23-,30?;;8-;;/m00.0../s1. The summed E-state index contributed by atoms with van der Waals surface area (Å²) in [7, 11) is 0. The number of rotatable bonds is 20. The average molecular weight is 1520 g/mol. The zero-order valence-corrected chi connectivity index (χ0v) is 63.2. The Bertz CT molecular complexity index is 5200. The van der Waals surface area contributed by atoms with Crippen molar-refractivity contribution in [2.45, 2.75) is 51.0 Å². The largest absolute Gasteiger partial charge is 0.475 e. The number of pyridine rings is 3. The molecule has 0 aliphatic carbocycles. The van der Waals surface area contributed by atoms with Crippen LogP contribution in [0.15, 0.2) is 397 Å². The van der Waals surface area contributed by atoms with Gasteiger partial charge in [0.25, 0.3) is 11.8 Å². The first kappa shape index (κ1) is 82.1. The number of aldehydes is 1. The second-order valence-corrected chi connectivity index (χ2v) is 25.7. The van der Waals surface area contributed by atoms with E-state index in [0.29, 0.717) is 28.1 Å². The third-order valence-corrected chi connectivity index (χ3v) is 17.8. The molecule has 0 bridgehead atoms. The first-order chi connectivity index (χ1) is 56.2. The monoisotopic (exact) mass is 1520 g/mol. The topological polar surface area (TPSA) is 262 Å². The molecule has 0 aliphatic rings. The number of carboxylic acids is 1. The van der Waals surface area contributed by atoms with Gasteiger partial charge in [0.2, 0.25) is 23.6 Å². The molecule has 0 aliphatic heterocycles. The Morgan fingerprint density at radius 2 is 0.696 bits per heavy atom. The SMILES string of the molecule is C[C@H](NC(=O)C(c1cccnc1)N(C(=O)c1ccco1)c1ccc(-c2ccccc2)cc1)c1ccccc1.C[C@H](NC(=O)C(c1cccnc1)N(C(=O)c1ccco1)c1ccc(-c2ccccc2)cc1)c1ccccc1.Nc1ccc(-c2ccccc2)cc1.O=C(O)c1ccco1.O=Cc1cccnc1.[C-]#[N+][C@@H](C)c1ccccc1. The van der Waals surface area contributed by atoms with Crippen molar-refractivity contribution >= 4 is 52.9 Å². The van der Waals surface area contributed by atoms with Crippen LogP contribution in [0.4, 0.5) is 17.1 Å². The summed E-state index contributed by atoms with van der Waals surface area (Å²) in [6.07, 6.45) is 14.6. The minimum absolute atomic E-state index is 0.00111. The number of nitrogen functional groups attached to an aromatic ring is 1. The molecule has 0 radical (unpaired) electrons. The molecule has 0 fully saturated rings. The smallest absolute Gasteiger partial charge is 0.371 e. The molecule has 572 valence electrons. The number of nitrogens with zero attached hydrogens (tertiary/aromatic N) is 6. The van der Waals surface area contributed by atoms with Crippen molar-refractivity contribution in [1.82, 2.24) is 25.6 Å². The fourth-order valence-electron chi connectivity index (χ4n) is 11.8. The second-order valence-electron chi connectivity index (χ2n) is 25.7. The van der Waals surface area contributed by atoms with Gasteiger partial charge in [-0.3, -0.25) is 48.7 Å². The molecule has 5 N–H and O–H groups in total. The number of hydrogen-bond acceptors (Lipinski definition) is 13. The first-order valence-corrected chi connectivity index (χ1v) is 36.7. The lowest BCUT2D eigenvalue weighted by atomic mass is 10.0. The lowest BCUT2D eigenvalue weighted by Gasteiger charge is -2.31. The van der Waals surface area contributed by atoms with Crippen molar-refractivity contribution in [2.24, 2.45) is 0 Å². The van der Waals surface area contributed by atoms with Gasteiger partial charge >= 0.3 is 5.97 Å². The molecule has 4 amide bonds. The van der Waals surface area contributed by atoms with E-state index in [0.717, 1.165) is 50.9 Å². The molecule has 6 aromatic heterocycles. The highest BCUT2D eigenvalue weighted by Crippen LogP contribution is 2.35. The van der Waals surface area contributed by atoms with Crippen LogP contribution in [0.3, 0.4) is 0 Å². The van der Waals surface area contributed by atoms with Gasteiger partial charge < -0.3 is 39.6 Å². The van der Waals surface area contributed by atoms with Crippen LogP contribution < -0.4 is 26.2 Å². The number of furan rings is 3. The number of anilines is 3. The van der Waals surface area contributed by atoms with Crippen molar-refractivity contribution in [2.75, 3.05) is 15.5 Å². The number of carbonyl (C=O) groups is 6. The summed E-state index contributed by atoms with van der Waals surface area (Å²) in [5, 5.41) is 14.4. The molecule has 15 aromatic rings. The van der Waals surface area contributed by atoms with Crippen LogP contribution in [-0.2, 0) is 9.59 Å². The Morgan fingerprint density at radius 1 is 0.383 bits per heavy atom. The Kier molecular flexibility index (Phi) is 30.8. The zero-order valence-electron chi connectivity index (χ0n) is 63.2. The van der Waals surface area contributed by atoms with Crippen LogP contribution in [0.2, 0.25) is 0 Å². The van der Waals surface area contributed by atoms with E-state index in [2.05, 4.69) is 47.0 Å². The van der Waals surface area contributed by atoms with Crippen LogP contribution >= 0.6 is 0 Å². The van der Waals surface area contributed by atoms with Gasteiger partial charge in [0.1, 0.15) is 12.1 Å². The van der Waals surface area contributed by atoms with Crippen molar-refractivity contribution in [3.63, 3.8) is 0 Å². The number of carbonyl (C=O) groups excluding carboxylic acids is 5. The van der Waals surface area contributed by atoms with Gasteiger partial charge in [0.15, 0.2) is 17.8 Å². The number of benzene rings is 9. The van der Waals surface area contributed by atoms with Crippen molar-refractivity contribution in [3.05, 3.63) is 446 Å². The molecule has 5 atom stereocenters. The van der Waals surface area contributed by atoms with E-state index in [1.807, 2.05) is 263 Å². The zero-order chi connectivity index (χ0) is 80.9. The number of aromatic carboxylic acids is 1. The number of hydrogen-bond donors (Lipinski definition) is 4. The second kappa shape index (κ2) is 43.1. The lowest BCUT2D eigenvalue weighted by molar-refractivity contribution is -0.124. The van der Waals surface area contributed by atoms with Gasteiger partial charge in [-0.25, -0.2) is 11.4 Å².